The third kappa shape index (κ3) is 2.68. The molecular formula is C18H21N5O. The Hall–Kier alpha value is -2.63. The molecule has 0 aliphatic carbocycles. The van der Waals surface area contributed by atoms with E-state index in [2.05, 4.69) is 19.5 Å². The molecule has 1 amide bonds. The van der Waals surface area contributed by atoms with Gasteiger partial charge >= 0.3 is 0 Å². The number of hydrogen-bond acceptors (Lipinski definition) is 3. The number of nitrogens with zero attached hydrogens (tertiary/aromatic N) is 4. The zero-order valence-corrected chi connectivity index (χ0v) is 13.8. The molecule has 0 spiro atoms. The molecule has 6 nitrogen and oxygen atoms in total. The molecule has 1 fully saturated rings. The Morgan fingerprint density at radius 1 is 1.33 bits per heavy atom. The second-order valence-corrected chi connectivity index (χ2v) is 6.37. The van der Waals surface area contributed by atoms with Crippen molar-refractivity contribution in [2.75, 3.05) is 6.54 Å². The maximum atomic E-state index is 12.7. The number of imidazole rings is 2. The van der Waals surface area contributed by atoms with E-state index in [0.29, 0.717) is 13.0 Å². The van der Waals surface area contributed by atoms with Gasteiger partial charge in [-0.05, 0) is 31.9 Å². The maximum Gasteiger partial charge on any atom is 0.224 e. The Morgan fingerprint density at radius 2 is 2.21 bits per heavy atom. The molecule has 4 rings (SSSR count). The van der Waals surface area contributed by atoms with Gasteiger partial charge in [-0.3, -0.25) is 4.79 Å². The van der Waals surface area contributed by atoms with Gasteiger partial charge in [0.05, 0.1) is 23.4 Å². The molecule has 0 saturated carbocycles. The first kappa shape index (κ1) is 14.9. The normalized spacial score (nSPS) is 17.7. The van der Waals surface area contributed by atoms with Gasteiger partial charge in [0.25, 0.3) is 0 Å². The Morgan fingerprint density at radius 3 is 3.04 bits per heavy atom. The lowest BCUT2D eigenvalue weighted by atomic mass is 10.2. The van der Waals surface area contributed by atoms with Crippen molar-refractivity contribution in [2.24, 2.45) is 0 Å². The fourth-order valence-electron chi connectivity index (χ4n) is 3.50. The highest BCUT2D eigenvalue weighted by atomic mass is 16.2. The number of amides is 1. The summed E-state index contributed by atoms with van der Waals surface area (Å²) in [5, 5.41) is 0. The van der Waals surface area contributed by atoms with Crippen molar-refractivity contribution in [3.8, 4) is 0 Å². The molecule has 0 radical (unpaired) electrons. The van der Waals surface area contributed by atoms with Gasteiger partial charge in [0.2, 0.25) is 5.91 Å². The molecule has 1 aliphatic heterocycles. The second kappa shape index (κ2) is 6.11. The third-order valence-electron chi connectivity index (χ3n) is 4.71. The van der Waals surface area contributed by atoms with Crippen molar-refractivity contribution < 1.29 is 4.79 Å². The fourth-order valence-corrected chi connectivity index (χ4v) is 3.50. The van der Waals surface area contributed by atoms with Gasteiger partial charge < -0.3 is 14.5 Å². The van der Waals surface area contributed by atoms with Crippen LogP contribution in [0.5, 0.6) is 0 Å². The lowest BCUT2D eigenvalue weighted by molar-refractivity contribution is -0.132. The van der Waals surface area contributed by atoms with Crippen LogP contribution in [-0.2, 0) is 11.3 Å². The first-order valence-corrected chi connectivity index (χ1v) is 8.43. The summed E-state index contributed by atoms with van der Waals surface area (Å²) in [6.45, 7) is 3.45. The standard InChI is InChI=1S/C18H21N5O/c1-13-11-19-18(21-13)16-7-4-9-23(16)17(24)8-10-22-12-20-14-5-2-3-6-15(14)22/h2-3,5-6,11-12,16H,4,7-10H2,1H3,(H,19,21)/t16-/m0/s1. The molecule has 3 aromatic rings. The number of carbonyl (C=O) groups excluding carboxylic acids is 1. The second-order valence-electron chi connectivity index (χ2n) is 6.37. The van der Waals surface area contributed by atoms with Crippen molar-refractivity contribution in [3.63, 3.8) is 0 Å². The predicted octanol–water partition coefficient (Wildman–Crippen LogP) is 2.82. The van der Waals surface area contributed by atoms with E-state index in [0.717, 1.165) is 41.9 Å². The molecule has 1 N–H and O–H groups in total. The average Bonchev–Trinajstić information content (AvgIpc) is 3.31. The third-order valence-corrected chi connectivity index (χ3v) is 4.71. The molecule has 1 aliphatic rings. The summed E-state index contributed by atoms with van der Waals surface area (Å²) >= 11 is 0. The molecule has 0 bridgehead atoms. The van der Waals surface area contributed by atoms with Gasteiger partial charge in [-0.15, -0.1) is 0 Å². The lowest BCUT2D eigenvalue weighted by Gasteiger charge is -2.23. The summed E-state index contributed by atoms with van der Waals surface area (Å²) in [4.78, 5) is 26.8. The number of carbonyl (C=O) groups is 1. The number of aromatic amines is 1. The first-order valence-electron chi connectivity index (χ1n) is 8.43. The van der Waals surface area contributed by atoms with E-state index in [1.54, 1.807) is 0 Å². The zero-order chi connectivity index (χ0) is 16.5. The van der Waals surface area contributed by atoms with E-state index in [9.17, 15) is 4.79 Å². The largest absolute Gasteiger partial charge is 0.344 e. The molecule has 124 valence electrons. The number of likely N-dealkylation sites (tertiary alicyclic amines) is 1. The SMILES string of the molecule is Cc1cnc([C@@H]2CCCN2C(=O)CCn2cnc3ccccc32)[nH]1. The number of rotatable bonds is 4. The maximum absolute atomic E-state index is 12.7. The van der Waals surface area contributed by atoms with E-state index in [1.807, 2.05) is 48.6 Å². The molecular weight excluding hydrogens is 302 g/mol. The number of aryl methyl sites for hydroxylation is 2. The lowest BCUT2D eigenvalue weighted by Crippen LogP contribution is -2.31. The highest BCUT2D eigenvalue weighted by Gasteiger charge is 2.31. The number of fused-ring (bicyclic) bond motifs is 1. The number of H-pyrrole nitrogens is 1. The monoisotopic (exact) mass is 323 g/mol. The molecule has 3 heterocycles. The Bertz CT molecular complexity index is 865. The van der Waals surface area contributed by atoms with Crippen LogP contribution in [0.3, 0.4) is 0 Å². The minimum absolute atomic E-state index is 0.0886. The smallest absolute Gasteiger partial charge is 0.224 e. The summed E-state index contributed by atoms with van der Waals surface area (Å²) in [5.41, 5.74) is 3.08. The topological polar surface area (TPSA) is 66.8 Å². The predicted molar refractivity (Wildman–Crippen MR) is 91.4 cm³/mol. The van der Waals surface area contributed by atoms with Crippen LogP contribution < -0.4 is 0 Å². The van der Waals surface area contributed by atoms with Crippen LogP contribution >= 0.6 is 0 Å². The molecule has 1 aromatic carbocycles. The molecule has 0 unspecified atom stereocenters. The van der Waals surface area contributed by atoms with Gasteiger partial charge in [-0.1, -0.05) is 12.1 Å². The van der Waals surface area contributed by atoms with Crippen LogP contribution in [0.4, 0.5) is 0 Å². The van der Waals surface area contributed by atoms with Gasteiger partial charge in [0, 0.05) is 31.4 Å². The van der Waals surface area contributed by atoms with Crippen molar-refractivity contribution in [1.82, 2.24) is 24.4 Å². The number of para-hydroxylation sites is 2. The van der Waals surface area contributed by atoms with Crippen LogP contribution in [0, 0.1) is 6.92 Å². The molecule has 2 aromatic heterocycles. The summed E-state index contributed by atoms with van der Waals surface area (Å²) in [7, 11) is 0. The number of aromatic nitrogens is 4. The Labute approximate surface area is 140 Å². The number of benzene rings is 1. The highest BCUT2D eigenvalue weighted by molar-refractivity contribution is 5.78. The molecule has 1 atom stereocenters. The van der Waals surface area contributed by atoms with Gasteiger partial charge in [0.15, 0.2) is 0 Å². The number of nitrogens with one attached hydrogen (secondary N) is 1. The minimum Gasteiger partial charge on any atom is -0.344 e. The van der Waals surface area contributed by atoms with E-state index in [1.165, 1.54) is 0 Å². The minimum atomic E-state index is 0.0886. The average molecular weight is 323 g/mol. The van der Waals surface area contributed by atoms with Gasteiger partial charge in [0.1, 0.15) is 5.82 Å². The van der Waals surface area contributed by atoms with Crippen LogP contribution in [0.1, 0.15) is 36.8 Å². The van der Waals surface area contributed by atoms with Crippen molar-refractivity contribution in [2.45, 2.75) is 38.8 Å². The fraction of sp³-hybridized carbons (Fsp3) is 0.389. The van der Waals surface area contributed by atoms with E-state index in [4.69, 9.17) is 0 Å². The summed E-state index contributed by atoms with van der Waals surface area (Å²) in [6, 6.07) is 8.09. The molecule has 1 saturated heterocycles. The van der Waals surface area contributed by atoms with Crippen LogP contribution in [-0.4, -0.2) is 36.9 Å². The van der Waals surface area contributed by atoms with E-state index >= 15 is 0 Å². The summed E-state index contributed by atoms with van der Waals surface area (Å²) < 4.78 is 2.05. The number of hydrogen-bond donors (Lipinski definition) is 1. The quantitative estimate of drug-likeness (QED) is 0.803. The Balaban J connectivity index is 1.45. The highest BCUT2D eigenvalue weighted by Crippen LogP contribution is 2.30. The van der Waals surface area contributed by atoms with Crippen molar-refractivity contribution in [3.05, 3.63) is 48.3 Å². The van der Waals surface area contributed by atoms with Crippen molar-refractivity contribution in [1.29, 1.82) is 0 Å². The molecule has 24 heavy (non-hydrogen) atoms. The van der Waals surface area contributed by atoms with Crippen LogP contribution in [0.2, 0.25) is 0 Å². The zero-order valence-electron chi connectivity index (χ0n) is 13.8. The summed E-state index contributed by atoms with van der Waals surface area (Å²) in [6.07, 6.45) is 6.14. The van der Waals surface area contributed by atoms with E-state index in [-0.39, 0.29) is 11.9 Å². The van der Waals surface area contributed by atoms with Crippen LogP contribution in [0.15, 0.2) is 36.8 Å². The first-order chi connectivity index (χ1) is 11.7. The summed E-state index contributed by atoms with van der Waals surface area (Å²) in [5.74, 6) is 1.09. The molecule has 6 heteroatoms. The Kier molecular flexibility index (Phi) is 3.80. The van der Waals surface area contributed by atoms with E-state index < -0.39 is 0 Å². The van der Waals surface area contributed by atoms with Gasteiger partial charge in [-0.25, -0.2) is 9.97 Å². The van der Waals surface area contributed by atoms with Crippen molar-refractivity contribution >= 4 is 16.9 Å². The van der Waals surface area contributed by atoms with Gasteiger partial charge in [-0.2, -0.15) is 0 Å². The van der Waals surface area contributed by atoms with Crippen LogP contribution in [0.25, 0.3) is 11.0 Å².